The number of piperidine rings is 1. The Labute approximate surface area is 149 Å². The van der Waals surface area contributed by atoms with Gasteiger partial charge in [-0.1, -0.05) is 42.5 Å². The molecule has 4 nitrogen and oxygen atoms in total. The third kappa shape index (κ3) is 5.61. The van der Waals surface area contributed by atoms with Crippen molar-refractivity contribution >= 4 is 5.91 Å². The van der Waals surface area contributed by atoms with Crippen LogP contribution in [0.2, 0.25) is 0 Å². The number of benzene rings is 2. The number of carbonyl (C=O) groups excluding carboxylic acids is 1. The number of hydrogen-bond acceptors (Lipinski definition) is 3. The Kier molecular flexibility index (Phi) is 6.46. The molecular formula is C21H26N2O2. The van der Waals surface area contributed by atoms with Crippen LogP contribution in [-0.2, 0) is 17.8 Å². The molecule has 132 valence electrons. The number of amides is 1. The highest BCUT2D eigenvalue weighted by atomic mass is 16.5. The molecule has 25 heavy (non-hydrogen) atoms. The van der Waals surface area contributed by atoms with E-state index in [1.165, 1.54) is 5.56 Å². The van der Waals surface area contributed by atoms with Gasteiger partial charge in [0.2, 0.25) is 5.91 Å². The fourth-order valence-electron chi connectivity index (χ4n) is 3.04. The van der Waals surface area contributed by atoms with Crippen LogP contribution in [0.4, 0.5) is 0 Å². The lowest BCUT2D eigenvalue weighted by atomic mass is 9.99. The third-order valence-corrected chi connectivity index (χ3v) is 4.55. The number of carbonyl (C=O) groups is 1. The third-order valence-electron chi connectivity index (χ3n) is 4.55. The van der Waals surface area contributed by atoms with Crippen LogP contribution in [0.1, 0.15) is 24.0 Å². The van der Waals surface area contributed by atoms with Gasteiger partial charge in [0.1, 0.15) is 12.4 Å². The summed E-state index contributed by atoms with van der Waals surface area (Å²) in [4.78, 5) is 12.1. The Bertz CT molecular complexity index is 649. The van der Waals surface area contributed by atoms with Crippen LogP contribution in [-0.4, -0.2) is 25.5 Å². The first kappa shape index (κ1) is 17.5. The Hall–Kier alpha value is -2.33. The fraction of sp³-hybridized carbons (Fsp3) is 0.381. The lowest BCUT2D eigenvalue weighted by Crippen LogP contribution is -2.41. The molecule has 1 fully saturated rings. The number of ether oxygens (including phenoxy) is 1. The van der Waals surface area contributed by atoms with Gasteiger partial charge in [-0.2, -0.15) is 0 Å². The van der Waals surface area contributed by atoms with Crippen LogP contribution in [0, 0.1) is 5.92 Å². The molecule has 4 heteroatoms. The van der Waals surface area contributed by atoms with Crippen molar-refractivity contribution in [3.8, 4) is 5.75 Å². The standard InChI is InChI=1S/C21H26N2O2/c24-21(19-7-4-13-22-15-19)23-14-12-17-8-10-20(11-9-17)25-16-18-5-2-1-3-6-18/h1-3,5-6,8-11,19,22H,4,7,12-16H2,(H,23,24). The van der Waals surface area contributed by atoms with E-state index in [-0.39, 0.29) is 11.8 Å². The van der Waals surface area contributed by atoms with Crippen molar-refractivity contribution in [2.75, 3.05) is 19.6 Å². The van der Waals surface area contributed by atoms with Gasteiger partial charge in [-0.3, -0.25) is 4.79 Å². The minimum Gasteiger partial charge on any atom is -0.489 e. The summed E-state index contributed by atoms with van der Waals surface area (Å²) < 4.78 is 5.79. The molecule has 1 saturated heterocycles. The van der Waals surface area contributed by atoms with Gasteiger partial charge in [0.25, 0.3) is 0 Å². The average molecular weight is 338 g/mol. The zero-order valence-electron chi connectivity index (χ0n) is 14.5. The highest BCUT2D eigenvalue weighted by Crippen LogP contribution is 2.15. The van der Waals surface area contributed by atoms with Crippen molar-refractivity contribution < 1.29 is 9.53 Å². The Morgan fingerprint density at radius 2 is 1.88 bits per heavy atom. The van der Waals surface area contributed by atoms with Crippen molar-refractivity contribution in [3.63, 3.8) is 0 Å². The highest BCUT2D eigenvalue weighted by Gasteiger charge is 2.20. The second kappa shape index (κ2) is 9.23. The van der Waals surface area contributed by atoms with E-state index in [0.29, 0.717) is 13.2 Å². The van der Waals surface area contributed by atoms with E-state index in [1.54, 1.807) is 0 Å². The van der Waals surface area contributed by atoms with Gasteiger partial charge in [-0.25, -0.2) is 0 Å². The summed E-state index contributed by atoms with van der Waals surface area (Å²) in [5.41, 5.74) is 2.36. The maximum absolute atomic E-state index is 12.1. The van der Waals surface area contributed by atoms with E-state index in [1.807, 2.05) is 30.3 Å². The molecule has 1 atom stereocenters. The first-order valence-corrected chi connectivity index (χ1v) is 9.05. The van der Waals surface area contributed by atoms with Crippen molar-refractivity contribution in [2.24, 2.45) is 5.92 Å². The first-order valence-electron chi connectivity index (χ1n) is 9.05. The second-order valence-corrected chi connectivity index (χ2v) is 6.50. The zero-order chi connectivity index (χ0) is 17.3. The number of nitrogens with one attached hydrogen (secondary N) is 2. The van der Waals surface area contributed by atoms with Gasteiger partial charge in [-0.15, -0.1) is 0 Å². The molecule has 0 spiro atoms. The normalized spacial score (nSPS) is 17.0. The van der Waals surface area contributed by atoms with E-state index < -0.39 is 0 Å². The SMILES string of the molecule is O=C(NCCc1ccc(OCc2ccccc2)cc1)C1CCCNC1. The Balaban J connectivity index is 1.39. The van der Waals surface area contributed by atoms with Crippen LogP contribution in [0.3, 0.4) is 0 Å². The van der Waals surface area contributed by atoms with Crippen molar-refractivity contribution in [1.29, 1.82) is 0 Å². The number of rotatable bonds is 7. The van der Waals surface area contributed by atoms with E-state index in [0.717, 1.165) is 43.7 Å². The average Bonchev–Trinajstić information content (AvgIpc) is 2.69. The molecule has 0 saturated carbocycles. The summed E-state index contributed by atoms with van der Waals surface area (Å²) in [6.45, 7) is 3.09. The second-order valence-electron chi connectivity index (χ2n) is 6.50. The zero-order valence-corrected chi connectivity index (χ0v) is 14.5. The Morgan fingerprint density at radius 3 is 2.60 bits per heavy atom. The summed E-state index contributed by atoms with van der Waals surface area (Å²) in [7, 11) is 0. The smallest absolute Gasteiger partial charge is 0.224 e. The van der Waals surface area contributed by atoms with E-state index in [9.17, 15) is 4.79 Å². The van der Waals surface area contributed by atoms with Crippen molar-refractivity contribution in [1.82, 2.24) is 10.6 Å². The van der Waals surface area contributed by atoms with Gasteiger partial charge in [0.05, 0.1) is 5.92 Å². The summed E-state index contributed by atoms with van der Waals surface area (Å²) in [6, 6.07) is 18.2. The summed E-state index contributed by atoms with van der Waals surface area (Å²) in [5, 5.41) is 6.33. The summed E-state index contributed by atoms with van der Waals surface area (Å²) >= 11 is 0. The molecule has 2 aromatic carbocycles. The van der Waals surface area contributed by atoms with Gasteiger partial charge >= 0.3 is 0 Å². The molecule has 1 aliphatic rings. The molecule has 1 heterocycles. The van der Waals surface area contributed by atoms with Crippen LogP contribution < -0.4 is 15.4 Å². The lowest BCUT2D eigenvalue weighted by molar-refractivity contribution is -0.125. The monoisotopic (exact) mass is 338 g/mol. The Morgan fingerprint density at radius 1 is 1.08 bits per heavy atom. The molecule has 0 aliphatic carbocycles. The number of hydrogen-bond donors (Lipinski definition) is 2. The van der Waals surface area contributed by atoms with E-state index >= 15 is 0 Å². The molecule has 2 aromatic rings. The predicted molar refractivity (Wildman–Crippen MR) is 99.5 cm³/mol. The molecule has 0 bridgehead atoms. The predicted octanol–water partition coefficient (Wildman–Crippen LogP) is 2.92. The maximum atomic E-state index is 12.1. The minimum atomic E-state index is 0.127. The van der Waals surface area contributed by atoms with Gasteiger partial charge < -0.3 is 15.4 Å². The summed E-state index contributed by atoms with van der Waals surface area (Å²) in [6.07, 6.45) is 2.92. The molecule has 1 aliphatic heterocycles. The van der Waals surface area contributed by atoms with Crippen LogP contribution >= 0.6 is 0 Å². The summed E-state index contributed by atoms with van der Waals surface area (Å²) in [5.74, 6) is 1.17. The van der Waals surface area contributed by atoms with Crippen LogP contribution in [0.5, 0.6) is 5.75 Å². The molecule has 0 radical (unpaired) electrons. The quantitative estimate of drug-likeness (QED) is 0.816. The topological polar surface area (TPSA) is 50.4 Å². The maximum Gasteiger partial charge on any atom is 0.224 e. The van der Waals surface area contributed by atoms with Crippen LogP contribution in [0.15, 0.2) is 54.6 Å². The van der Waals surface area contributed by atoms with E-state index in [2.05, 4.69) is 34.9 Å². The highest BCUT2D eigenvalue weighted by molar-refractivity contribution is 5.78. The minimum absolute atomic E-state index is 0.127. The largest absolute Gasteiger partial charge is 0.489 e. The van der Waals surface area contributed by atoms with Gasteiger partial charge in [0, 0.05) is 13.1 Å². The van der Waals surface area contributed by atoms with E-state index in [4.69, 9.17) is 4.74 Å². The molecular weight excluding hydrogens is 312 g/mol. The van der Waals surface area contributed by atoms with Crippen molar-refractivity contribution in [2.45, 2.75) is 25.9 Å². The van der Waals surface area contributed by atoms with Crippen LogP contribution in [0.25, 0.3) is 0 Å². The van der Waals surface area contributed by atoms with Crippen molar-refractivity contribution in [3.05, 3.63) is 65.7 Å². The lowest BCUT2D eigenvalue weighted by Gasteiger charge is -2.21. The molecule has 3 rings (SSSR count). The van der Waals surface area contributed by atoms with Gasteiger partial charge in [0.15, 0.2) is 0 Å². The van der Waals surface area contributed by atoms with Gasteiger partial charge in [-0.05, 0) is 49.1 Å². The molecule has 1 unspecified atom stereocenters. The fourth-order valence-corrected chi connectivity index (χ4v) is 3.04. The molecule has 0 aromatic heterocycles. The first-order chi connectivity index (χ1) is 12.3. The molecule has 1 amide bonds. The molecule has 2 N–H and O–H groups in total.